The van der Waals surface area contributed by atoms with Crippen molar-refractivity contribution in [3.05, 3.63) is 60.8 Å². The topological polar surface area (TPSA) is 78.5 Å². The zero-order valence-electron chi connectivity index (χ0n) is 9.84. The average Bonchev–Trinajstić information content (AvgIpc) is 2.48. The van der Waals surface area contributed by atoms with Crippen LogP contribution >= 0.6 is 0 Å². The van der Waals surface area contributed by atoms with Crippen molar-refractivity contribution in [1.29, 1.82) is 0 Å². The van der Waals surface area contributed by atoms with E-state index in [-0.39, 0.29) is 0 Å². The molecule has 0 aliphatic rings. The third kappa shape index (κ3) is 2.37. The van der Waals surface area contributed by atoms with E-state index in [2.05, 4.69) is 19.9 Å². The highest BCUT2D eigenvalue weighted by atomic mass is 16.5. The summed E-state index contributed by atoms with van der Waals surface area (Å²) in [6, 6.07) is 3.48. The van der Waals surface area contributed by atoms with Crippen molar-refractivity contribution in [1.82, 2.24) is 19.9 Å². The predicted octanol–water partition coefficient (Wildman–Crippen LogP) is 1.23. The van der Waals surface area contributed by atoms with Gasteiger partial charge in [-0.2, -0.15) is 4.73 Å². The van der Waals surface area contributed by atoms with Crippen molar-refractivity contribution in [2.24, 2.45) is 0 Å². The molecule has 19 heavy (non-hydrogen) atoms. The second kappa shape index (κ2) is 4.77. The lowest BCUT2D eigenvalue weighted by molar-refractivity contribution is -0.604. The van der Waals surface area contributed by atoms with E-state index in [9.17, 15) is 5.21 Å². The molecule has 0 aliphatic carbocycles. The Morgan fingerprint density at radius 3 is 2.37 bits per heavy atom. The number of aromatic nitrogens is 5. The van der Waals surface area contributed by atoms with Gasteiger partial charge in [0.1, 0.15) is 6.33 Å². The molecule has 0 spiro atoms. The summed E-state index contributed by atoms with van der Waals surface area (Å²) in [5, 5.41) is 11.3. The number of pyridine rings is 1. The molecule has 0 atom stereocenters. The molecule has 6 heteroatoms. The van der Waals surface area contributed by atoms with Crippen molar-refractivity contribution in [3.63, 3.8) is 0 Å². The molecule has 0 saturated carbocycles. The summed E-state index contributed by atoms with van der Waals surface area (Å²) in [5.41, 5.74) is 2.79. The van der Waals surface area contributed by atoms with Crippen LogP contribution < -0.4 is 4.73 Å². The number of rotatable bonds is 2. The van der Waals surface area contributed by atoms with Gasteiger partial charge in [-0.25, -0.2) is 15.0 Å². The van der Waals surface area contributed by atoms with Crippen LogP contribution in [0.5, 0.6) is 0 Å². The lowest BCUT2D eigenvalue weighted by Gasteiger charge is -2.03. The van der Waals surface area contributed by atoms with E-state index in [1.54, 1.807) is 30.9 Å². The highest BCUT2D eigenvalue weighted by Crippen LogP contribution is 2.18. The average molecular weight is 251 g/mol. The Morgan fingerprint density at radius 1 is 0.895 bits per heavy atom. The first-order valence-corrected chi connectivity index (χ1v) is 5.59. The molecular formula is C13H9N5O. The maximum atomic E-state index is 11.3. The molecule has 0 aromatic carbocycles. The molecule has 3 rings (SSSR count). The number of nitrogens with zero attached hydrogens (tertiary/aromatic N) is 5. The van der Waals surface area contributed by atoms with Crippen molar-refractivity contribution < 1.29 is 4.73 Å². The summed E-state index contributed by atoms with van der Waals surface area (Å²) in [4.78, 5) is 16.5. The number of hydrogen-bond donors (Lipinski definition) is 0. The van der Waals surface area contributed by atoms with Gasteiger partial charge in [-0.1, -0.05) is 0 Å². The molecule has 3 heterocycles. The molecule has 3 aromatic rings. The van der Waals surface area contributed by atoms with Crippen molar-refractivity contribution in [2.45, 2.75) is 0 Å². The highest BCUT2D eigenvalue weighted by molar-refractivity contribution is 5.62. The summed E-state index contributed by atoms with van der Waals surface area (Å²) in [5.74, 6) is 0. The fourth-order valence-electron chi connectivity index (χ4n) is 1.68. The van der Waals surface area contributed by atoms with Gasteiger partial charge in [0.15, 0.2) is 12.4 Å². The van der Waals surface area contributed by atoms with Crippen molar-refractivity contribution >= 4 is 0 Å². The van der Waals surface area contributed by atoms with Crippen LogP contribution in [0.1, 0.15) is 0 Å². The molecule has 0 N–H and O–H groups in total. The molecule has 0 aliphatic heterocycles. The smallest absolute Gasteiger partial charge is 0.189 e. The third-order valence-electron chi connectivity index (χ3n) is 2.56. The van der Waals surface area contributed by atoms with Crippen LogP contribution in [-0.2, 0) is 0 Å². The van der Waals surface area contributed by atoms with Crippen LogP contribution in [0.4, 0.5) is 0 Å². The molecule has 0 saturated heterocycles. The van der Waals surface area contributed by atoms with Crippen LogP contribution in [-0.4, -0.2) is 19.9 Å². The zero-order valence-corrected chi connectivity index (χ0v) is 9.84. The maximum absolute atomic E-state index is 11.3. The fraction of sp³-hybridized carbons (Fsp3) is 0. The van der Waals surface area contributed by atoms with Gasteiger partial charge in [0.2, 0.25) is 0 Å². The molecule has 0 fully saturated rings. The van der Waals surface area contributed by atoms with Crippen molar-refractivity contribution in [2.75, 3.05) is 0 Å². The first kappa shape index (κ1) is 11.2. The zero-order chi connectivity index (χ0) is 13.1. The first-order chi connectivity index (χ1) is 9.33. The van der Waals surface area contributed by atoms with E-state index in [0.29, 0.717) is 17.0 Å². The fourth-order valence-corrected chi connectivity index (χ4v) is 1.68. The second-order valence-electron chi connectivity index (χ2n) is 3.87. The molecule has 6 nitrogen and oxygen atoms in total. The minimum atomic E-state index is 0.631. The van der Waals surface area contributed by atoms with Crippen LogP contribution in [0, 0.1) is 5.21 Å². The van der Waals surface area contributed by atoms with Crippen LogP contribution in [0.3, 0.4) is 0 Å². The lowest BCUT2D eigenvalue weighted by Crippen LogP contribution is -2.24. The lowest BCUT2D eigenvalue weighted by atomic mass is 10.2. The summed E-state index contributed by atoms with van der Waals surface area (Å²) in [6.45, 7) is 0. The van der Waals surface area contributed by atoms with Gasteiger partial charge in [0.05, 0.1) is 29.3 Å². The largest absolute Gasteiger partial charge is 0.619 e. The van der Waals surface area contributed by atoms with Crippen molar-refractivity contribution in [3.8, 4) is 22.5 Å². The summed E-state index contributed by atoms with van der Waals surface area (Å²) >= 11 is 0. The molecular weight excluding hydrogens is 242 g/mol. The quantitative estimate of drug-likeness (QED) is 0.505. The second-order valence-corrected chi connectivity index (χ2v) is 3.87. The van der Waals surface area contributed by atoms with Gasteiger partial charge in [-0.05, 0) is 6.07 Å². The molecule has 0 amide bonds. The Kier molecular flexibility index (Phi) is 2.82. The molecule has 0 bridgehead atoms. The van der Waals surface area contributed by atoms with Crippen LogP contribution in [0.2, 0.25) is 0 Å². The van der Waals surface area contributed by atoms with Gasteiger partial charge in [-0.3, -0.25) is 4.98 Å². The van der Waals surface area contributed by atoms with E-state index in [4.69, 9.17) is 0 Å². The Morgan fingerprint density at radius 2 is 1.63 bits per heavy atom. The molecule has 0 unspecified atom stereocenters. The normalized spacial score (nSPS) is 10.3. The maximum Gasteiger partial charge on any atom is 0.189 e. The Balaban J connectivity index is 2.06. The molecule has 92 valence electrons. The Hall–Kier alpha value is -2.89. The third-order valence-corrected chi connectivity index (χ3v) is 2.56. The van der Waals surface area contributed by atoms with E-state index in [1.807, 2.05) is 6.07 Å². The minimum absolute atomic E-state index is 0.631. The Bertz CT molecular complexity index is 702. The van der Waals surface area contributed by atoms with Gasteiger partial charge in [0.25, 0.3) is 0 Å². The highest BCUT2D eigenvalue weighted by Gasteiger charge is 2.06. The standard InChI is InChI=1S/C13H9N5O/c19-18-3-1-2-10(8-18)12-6-14-7-13(17-12)11-4-15-9-16-5-11/h1-9H. The van der Waals surface area contributed by atoms with Gasteiger partial charge < -0.3 is 5.21 Å². The SMILES string of the molecule is [O-][n+]1cccc(-c2cncc(-c3cncnc3)n2)c1. The van der Waals surface area contributed by atoms with Gasteiger partial charge >= 0.3 is 0 Å². The predicted molar refractivity (Wildman–Crippen MR) is 67.5 cm³/mol. The number of hydrogen-bond acceptors (Lipinski definition) is 5. The van der Waals surface area contributed by atoms with E-state index >= 15 is 0 Å². The summed E-state index contributed by atoms with van der Waals surface area (Å²) in [7, 11) is 0. The van der Waals surface area contributed by atoms with Crippen LogP contribution in [0.25, 0.3) is 22.5 Å². The van der Waals surface area contributed by atoms with Crippen LogP contribution in [0.15, 0.2) is 55.6 Å². The Labute approximate surface area is 109 Å². The summed E-state index contributed by atoms with van der Waals surface area (Å²) < 4.78 is 0.731. The van der Waals surface area contributed by atoms with E-state index < -0.39 is 0 Å². The molecule has 3 aromatic heterocycles. The molecule has 0 radical (unpaired) electrons. The monoisotopic (exact) mass is 251 g/mol. The first-order valence-electron chi connectivity index (χ1n) is 5.59. The van der Waals surface area contributed by atoms with E-state index in [1.165, 1.54) is 18.7 Å². The van der Waals surface area contributed by atoms with Gasteiger partial charge in [-0.15, -0.1) is 0 Å². The summed E-state index contributed by atoms with van der Waals surface area (Å²) in [6.07, 6.45) is 10.9. The van der Waals surface area contributed by atoms with Gasteiger partial charge in [0, 0.05) is 24.0 Å². The minimum Gasteiger partial charge on any atom is -0.619 e. The van der Waals surface area contributed by atoms with E-state index in [0.717, 1.165) is 10.3 Å².